The number of thiazole rings is 1. The number of hydrogen-bond donors (Lipinski definition) is 0. The first kappa shape index (κ1) is 18.6. The van der Waals surface area contributed by atoms with Crippen LogP contribution in [-0.4, -0.2) is 10.5 Å². The molecule has 0 saturated carbocycles. The van der Waals surface area contributed by atoms with Gasteiger partial charge in [-0.1, -0.05) is 60.5 Å². The number of carbonyl (C=O) groups excluding carboxylic acids is 1. The van der Waals surface area contributed by atoms with Crippen LogP contribution in [0.1, 0.15) is 34.6 Å². The van der Waals surface area contributed by atoms with Gasteiger partial charge in [0.2, 0.25) is 0 Å². The average molecular weight is 385 g/mol. The van der Waals surface area contributed by atoms with Crippen LogP contribution in [0.5, 0.6) is 0 Å². The molecule has 0 bridgehead atoms. The molecule has 0 spiro atoms. The topological polar surface area (TPSA) is 34.4 Å². The van der Waals surface area contributed by atoms with Crippen molar-refractivity contribution in [3.8, 4) is 11.3 Å². The lowest BCUT2D eigenvalue weighted by molar-refractivity contribution is 0.0998. The van der Waals surface area contributed by atoms with Gasteiger partial charge in [0.25, 0.3) is 5.91 Å². The fourth-order valence-electron chi connectivity index (χ4n) is 2.89. The molecule has 1 amide bonds. The van der Waals surface area contributed by atoms with Crippen molar-refractivity contribution >= 4 is 28.8 Å². The molecule has 1 heterocycles. The van der Waals surface area contributed by atoms with Crippen LogP contribution in [0.15, 0.2) is 53.5 Å². The summed E-state index contributed by atoms with van der Waals surface area (Å²) in [7, 11) is 0. The van der Waals surface area contributed by atoms with Crippen molar-refractivity contribution < 1.29 is 4.79 Å². The van der Waals surface area contributed by atoms with E-state index >= 15 is 0 Å². The Morgan fingerprint density at radius 1 is 1.12 bits per heavy atom. The summed E-state index contributed by atoms with van der Waals surface area (Å²) in [6.45, 7) is 7.02. The molecule has 26 heavy (non-hydrogen) atoms. The summed E-state index contributed by atoms with van der Waals surface area (Å²) >= 11 is 7.72. The molecule has 0 N–H and O–H groups in total. The number of carbonyl (C=O) groups is 1. The average Bonchev–Trinajstić information content (AvgIpc) is 3.00. The lowest BCUT2D eigenvalue weighted by Crippen LogP contribution is -2.17. The zero-order chi connectivity index (χ0) is 18.7. The zero-order valence-electron chi connectivity index (χ0n) is 15.1. The molecular weight excluding hydrogens is 364 g/mol. The van der Waals surface area contributed by atoms with Crippen LogP contribution >= 0.6 is 22.9 Å². The Labute approximate surface area is 162 Å². The second-order valence-corrected chi connectivity index (χ2v) is 7.49. The Morgan fingerprint density at radius 3 is 2.42 bits per heavy atom. The minimum Gasteiger partial charge on any atom is -0.316 e. The van der Waals surface area contributed by atoms with Crippen LogP contribution in [0.2, 0.25) is 5.02 Å². The van der Waals surface area contributed by atoms with E-state index in [2.05, 4.69) is 54.6 Å². The van der Waals surface area contributed by atoms with Gasteiger partial charge in [0, 0.05) is 11.4 Å². The third kappa shape index (κ3) is 3.67. The van der Waals surface area contributed by atoms with E-state index < -0.39 is 0 Å². The van der Waals surface area contributed by atoms with Gasteiger partial charge in [-0.2, -0.15) is 4.99 Å². The highest BCUT2D eigenvalue weighted by atomic mass is 35.5. The third-order valence-corrected chi connectivity index (χ3v) is 5.80. The van der Waals surface area contributed by atoms with Crippen molar-refractivity contribution in [3.05, 3.63) is 74.4 Å². The van der Waals surface area contributed by atoms with Crippen LogP contribution in [0.3, 0.4) is 0 Å². The van der Waals surface area contributed by atoms with E-state index in [1.54, 1.807) is 35.6 Å². The van der Waals surface area contributed by atoms with E-state index in [-0.39, 0.29) is 5.91 Å². The normalized spacial score (nSPS) is 11.8. The second kappa shape index (κ2) is 8.02. The second-order valence-electron chi connectivity index (χ2n) is 6.02. The van der Waals surface area contributed by atoms with Crippen molar-refractivity contribution in [2.75, 3.05) is 0 Å². The number of aryl methyl sites for hydroxylation is 2. The summed E-state index contributed by atoms with van der Waals surface area (Å²) in [5.41, 5.74) is 3.95. The van der Waals surface area contributed by atoms with Crippen molar-refractivity contribution in [1.82, 2.24) is 4.57 Å². The van der Waals surface area contributed by atoms with Crippen molar-refractivity contribution in [2.45, 2.75) is 33.7 Å². The Bertz CT molecular complexity index is 1000. The molecule has 3 aromatic rings. The molecule has 0 unspecified atom stereocenters. The molecule has 0 saturated heterocycles. The Hall–Kier alpha value is -2.17. The maximum atomic E-state index is 12.6. The molecule has 0 atom stereocenters. The van der Waals surface area contributed by atoms with Crippen LogP contribution in [0.25, 0.3) is 11.3 Å². The summed E-state index contributed by atoms with van der Waals surface area (Å²) < 4.78 is 2.11. The van der Waals surface area contributed by atoms with Gasteiger partial charge in [0.05, 0.1) is 16.3 Å². The Morgan fingerprint density at radius 2 is 1.81 bits per heavy atom. The van der Waals surface area contributed by atoms with Crippen molar-refractivity contribution in [2.24, 2.45) is 4.99 Å². The van der Waals surface area contributed by atoms with E-state index in [0.717, 1.165) is 24.2 Å². The van der Waals surface area contributed by atoms with E-state index in [9.17, 15) is 4.79 Å². The van der Waals surface area contributed by atoms with Gasteiger partial charge in [-0.25, -0.2) is 0 Å². The monoisotopic (exact) mass is 384 g/mol. The van der Waals surface area contributed by atoms with E-state index in [4.69, 9.17) is 11.6 Å². The summed E-state index contributed by atoms with van der Waals surface area (Å²) in [6.07, 6.45) is 0.893. The van der Waals surface area contributed by atoms with E-state index in [0.29, 0.717) is 15.4 Å². The first-order valence-electron chi connectivity index (χ1n) is 8.68. The third-order valence-electron chi connectivity index (χ3n) is 4.24. The lowest BCUT2D eigenvalue weighted by Gasteiger charge is -2.09. The summed E-state index contributed by atoms with van der Waals surface area (Å²) in [4.78, 5) is 19.0. The number of halogens is 1. The predicted octanol–water partition coefficient (Wildman–Crippen LogP) is 5.50. The molecule has 1 aromatic heterocycles. The molecule has 3 nitrogen and oxygen atoms in total. The fourth-order valence-corrected chi connectivity index (χ4v) is 4.25. The molecule has 134 valence electrons. The van der Waals surface area contributed by atoms with Crippen LogP contribution in [0, 0.1) is 6.92 Å². The van der Waals surface area contributed by atoms with Gasteiger partial charge in [0.1, 0.15) is 0 Å². The molecule has 5 heteroatoms. The number of rotatable bonds is 4. The fraction of sp³-hybridized carbons (Fsp3) is 0.238. The highest BCUT2D eigenvalue weighted by Gasteiger charge is 2.15. The van der Waals surface area contributed by atoms with Gasteiger partial charge in [0.15, 0.2) is 4.80 Å². The molecule has 3 rings (SSSR count). The molecule has 0 aliphatic carbocycles. The van der Waals surface area contributed by atoms with E-state index in [1.807, 2.05) is 0 Å². The van der Waals surface area contributed by atoms with Gasteiger partial charge in [-0.3, -0.25) is 4.79 Å². The highest BCUT2D eigenvalue weighted by Crippen LogP contribution is 2.27. The first-order valence-corrected chi connectivity index (χ1v) is 9.87. The lowest BCUT2D eigenvalue weighted by atomic mass is 10.1. The minimum atomic E-state index is -0.308. The number of aromatic nitrogens is 1. The van der Waals surface area contributed by atoms with Crippen LogP contribution in [0.4, 0.5) is 0 Å². The predicted molar refractivity (Wildman–Crippen MR) is 109 cm³/mol. The molecular formula is C21H21ClN2OS. The van der Waals surface area contributed by atoms with Crippen molar-refractivity contribution in [1.29, 1.82) is 0 Å². The maximum Gasteiger partial charge on any atom is 0.281 e. The standard InChI is InChI=1S/C21H21ClN2OS/c1-4-18-19(15-12-10-14(3)11-13-15)24(5-2)21(26-18)23-20(25)16-8-6-7-9-17(16)22/h6-13H,4-5H2,1-3H3. The van der Waals surface area contributed by atoms with Crippen molar-refractivity contribution in [3.63, 3.8) is 0 Å². The van der Waals surface area contributed by atoms with Crippen LogP contribution in [-0.2, 0) is 13.0 Å². The summed E-state index contributed by atoms with van der Waals surface area (Å²) in [5.74, 6) is -0.308. The molecule has 2 aromatic carbocycles. The van der Waals surface area contributed by atoms with Gasteiger partial charge >= 0.3 is 0 Å². The minimum absolute atomic E-state index is 0.308. The number of amides is 1. The molecule has 0 radical (unpaired) electrons. The Kier molecular flexibility index (Phi) is 5.74. The highest BCUT2D eigenvalue weighted by molar-refractivity contribution is 7.09. The Balaban J connectivity index is 2.15. The summed E-state index contributed by atoms with van der Waals surface area (Å²) in [5, 5.41) is 0.426. The number of hydrogen-bond acceptors (Lipinski definition) is 2. The first-order chi connectivity index (χ1) is 12.5. The molecule has 0 aliphatic heterocycles. The SMILES string of the molecule is CCc1sc(=NC(=O)c2ccccc2Cl)n(CC)c1-c1ccc(C)cc1. The van der Waals surface area contributed by atoms with Gasteiger partial charge in [-0.15, -0.1) is 11.3 Å². The van der Waals surface area contributed by atoms with E-state index in [1.165, 1.54) is 10.4 Å². The van der Waals surface area contributed by atoms with Gasteiger partial charge < -0.3 is 4.57 Å². The summed E-state index contributed by atoms with van der Waals surface area (Å²) in [6, 6.07) is 15.5. The number of benzene rings is 2. The zero-order valence-corrected chi connectivity index (χ0v) is 16.7. The number of nitrogens with zero attached hydrogens (tertiary/aromatic N) is 2. The maximum absolute atomic E-state index is 12.6. The van der Waals surface area contributed by atoms with Crippen LogP contribution < -0.4 is 4.80 Å². The quantitative estimate of drug-likeness (QED) is 0.584. The largest absolute Gasteiger partial charge is 0.316 e. The van der Waals surface area contributed by atoms with Gasteiger partial charge in [-0.05, 0) is 38.0 Å². The molecule has 0 fully saturated rings. The smallest absolute Gasteiger partial charge is 0.281 e. The molecule has 0 aliphatic rings.